The Morgan fingerprint density at radius 1 is 1.21 bits per heavy atom. The largest absolute Gasteiger partial charge is 0.333 e. The number of quaternary nitrogens is 1. The van der Waals surface area contributed by atoms with Crippen molar-refractivity contribution in [3.8, 4) is 6.07 Å². The van der Waals surface area contributed by atoms with Crippen LogP contribution in [0.4, 0.5) is 10.1 Å². The minimum absolute atomic E-state index is 0.102. The highest BCUT2D eigenvalue weighted by Crippen LogP contribution is 2.28. The number of carbonyl (C=O) groups excluding carboxylic acids is 2. The van der Waals surface area contributed by atoms with Crippen molar-refractivity contribution in [1.29, 1.82) is 5.26 Å². The Morgan fingerprint density at radius 2 is 1.79 bits per heavy atom. The summed E-state index contributed by atoms with van der Waals surface area (Å²) in [6, 6.07) is 7.70. The van der Waals surface area contributed by atoms with Gasteiger partial charge >= 0.3 is 0 Å². The van der Waals surface area contributed by atoms with Gasteiger partial charge in [-0.1, -0.05) is 0 Å². The number of nitrogens with zero attached hydrogens (tertiary/aromatic N) is 1. The zero-order valence-corrected chi connectivity index (χ0v) is 13.7. The van der Waals surface area contributed by atoms with Crippen molar-refractivity contribution in [2.24, 2.45) is 0 Å². The number of anilines is 1. The molecule has 0 heterocycles. The summed E-state index contributed by atoms with van der Waals surface area (Å²) in [5.74, 6) is -0.862. The predicted molar refractivity (Wildman–Crippen MR) is 86.6 cm³/mol. The number of rotatable bonds is 6. The Morgan fingerprint density at radius 3 is 2.38 bits per heavy atom. The van der Waals surface area contributed by atoms with Gasteiger partial charge in [0.25, 0.3) is 11.8 Å². The lowest BCUT2D eigenvalue weighted by molar-refractivity contribution is -0.862. The van der Waals surface area contributed by atoms with E-state index >= 15 is 0 Å². The average Bonchev–Trinajstić information content (AvgIpc) is 2.98. The third-order valence-electron chi connectivity index (χ3n) is 4.10. The molecule has 3 N–H and O–H groups in total. The Bertz CT molecular complexity index is 633. The zero-order chi connectivity index (χ0) is 17.6. The van der Waals surface area contributed by atoms with Crippen LogP contribution in [0.3, 0.4) is 0 Å². The molecule has 1 aliphatic carbocycles. The summed E-state index contributed by atoms with van der Waals surface area (Å²) in [4.78, 5) is 24.7. The van der Waals surface area contributed by atoms with Gasteiger partial charge in [-0.05, 0) is 49.9 Å². The van der Waals surface area contributed by atoms with E-state index in [2.05, 4.69) is 16.7 Å². The Hall–Kier alpha value is -2.46. The van der Waals surface area contributed by atoms with Crippen LogP contribution in [-0.4, -0.2) is 37.5 Å². The molecular weight excluding hydrogens is 311 g/mol. The molecule has 0 radical (unpaired) electrons. The van der Waals surface area contributed by atoms with E-state index in [1.54, 1.807) is 7.05 Å². The third kappa shape index (κ3) is 5.03. The molecule has 1 aromatic rings. The zero-order valence-electron chi connectivity index (χ0n) is 13.7. The van der Waals surface area contributed by atoms with Crippen molar-refractivity contribution in [2.75, 3.05) is 25.5 Å². The number of amides is 2. The van der Waals surface area contributed by atoms with Crippen molar-refractivity contribution in [1.82, 2.24) is 5.32 Å². The van der Waals surface area contributed by atoms with Crippen LogP contribution >= 0.6 is 0 Å². The predicted octanol–water partition coefficient (Wildman–Crippen LogP) is 0.231. The first-order chi connectivity index (χ1) is 11.4. The highest BCUT2D eigenvalue weighted by atomic mass is 19.1. The van der Waals surface area contributed by atoms with Crippen LogP contribution in [0.15, 0.2) is 24.3 Å². The molecule has 0 spiro atoms. The van der Waals surface area contributed by atoms with Gasteiger partial charge in [0, 0.05) is 5.69 Å². The molecule has 1 aliphatic rings. The van der Waals surface area contributed by atoms with E-state index in [4.69, 9.17) is 0 Å². The van der Waals surface area contributed by atoms with Gasteiger partial charge in [0.05, 0.1) is 13.1 Å². The fourth-order valence-electron chi connectivity index (χ4n) is 2.90. The normalized spacial score (nSPS) is 16.9. The van der Waals surface area contributed by atoms with Gasteiger partial charge in [-0.3, -0.25) is 9.59 Å². The van der Waals surface area contributed by atoms with E-state index in [-0.39, 0.29) is 30.7 Å². The smallest absolute Gasteiger partial charge is 0.279 e. The number of hydrogen-bond donors (Lipinski definition) is 3. The Labute approximate surface area is 140 Å². The molecule has 0 bridgehead atoms. The third-order valence-corrected chi connectivity index (χ3v) is 4.10. The molecule has 0 aromatic heterocycles. The van der Waals surface area contributed by atoms with Crippen LogP contribution in [0.25, 0.3) is 0 Å². The second-order valence-electron chi connectivity index (χ2n) is 6.31. The first-order valence-corrected chi connectivity index (χ1v) is 8.01. The number of likely N-dealkylation sites (N-methyl/N-ethyl adjacent to an activating group) is 1. The van der Waals surface area contributed by atoms with Crippen molar-refractivity contribution in [3.05, 3.63) is 30.1 Å². The first kappa shape index (κ1) is 17.9. The Balaban J connectivity index is 1.78. The minimum atomic E-state index is -0.742. The van der Waals surface area contributed by atoms with E-state index in [0.717, 1.165) is 12.8 Å². The van der Waals surface area contributed by atoms with E-state index < -0.39 is 5.54 Å². The van der Waals surface area contributed by atoms with Gasteiger partial charge in [0.2, 0.25) is 0 Å². The maximum absolute atomic E-state index is 12.8. The van der Waals surface area contributed by atoms with E-state index in [1.807, 2.05) is 0 Å². The molecule has 2 rings (SSSR count). The topological polar surface area (TPSA) is 86.4 Å². The molecule has 2 amide bonds. The molecule has 1 aromatic carbocycles. The second kappa shape index (κ2) is 7.88. The number of carbonyl (C=O) groups is 2. The highest BCUT2D eigenvalue weighted by Gasteiger charge is 2.35. The summed E-state index contributed by atoms with van der Waals surface area (Å²) in [7, 11) is 1.73. The summed E-state index contributed by atoms with van der Waals surface area (Å²) in [5, 5.41) is 14.7. The van der Waals surface area contributed by atoms with Gasteiger partial charge < -0.3 is 15.5 Å². The van der Waals surface area contributed by atoms with Crippen LogP contribution in [-0.2, 0) is 9.59 Å². The number of nitriles is 1. The fraction of sp³-hybridized carbons (Fsp3) is 0.471. The Kier molecular flexibility index (Phi) is 5.88. The number of halogens is 1. The summed E-state index contributed by atoms with van der Waals surface area (Å²) < 4.78 is 12.8. The number of hydrogen-bond acceptors (Lipinski definition) is 3. The van der Waals surface area contributed by atoms with Crippen LogP contribution in [0.5, 0.6) is 0 Å². The van der Waals surface area contributed by atoms with E-state index in [0.29, 0.717) is 23.4 Å². The maximum atomic E-state index is 12.8. The molecule has 6 nitrogen and oxygen atoms in total. The van der Waals surface area contributed by atoms with E-state index in [1.165, 1.54) is 24.3 Å². The molecule has 0 saturated heterocycles. The quantitative estimate of drug-likeness (QED) is 0.697. The molecule has 7 heteroatoms. The van der Waals surface area contributed by atoms with E-state index in [9.17, 15) is 19.2 Å². The van der Waals surface area contributed by atoms with Gasteiger partial charge in [-0.25, -0.2) is 4.39 Å². The second-order valence-corrected chi connectivity index (χ2v) is 6.31. The minimum Gasteiger partial charge on any atom is -0.333 e. The molecular formula is C17H22FN4O2+. The van der Waals surface area contributed by atoms with Crippen molar-refractivity contribution in [2.45, 2.75) is 31.2 Å². The van der Waals surface area contributed by atoms with Crippen molar-refractivity contribution in [3.63, 3.8) is 0 Å². The van der Waals surface area contributed by atoms with Crippen LogP contribution < -0.4 is 15.5 Å². The summed E-state index contributed by atoms with van der Waals surface area (Å²) in [6.07, 6.45) is 3.24. The number of benzene rings is 1. The SMILES string of the molecule is C[NH+](CC(=O)Nc1ccc(F)cc1)CC(=O)NC1(C#N)CCCC1. The molecule has 1 atom stereocenters. The fourth-order valence-corrected chi connectivity index (χ4v) is 2.90. The molecule has 0 aliphatic heterocycles. The molecule has 1 unspecified atom stereocenters. The van der Waals surface area contributed by atoms with Crippen molar-refractivity contribution >= 4 is 17.5 Å². The van der Waals surface area contributed by atoms with Gasteiger partial charge in [0.15, 0.2) is 13.1 Å². The lowest BCUT2D eigenvalue weighted by Crippen LogP contribution is -3.11. The number of nitrogens with one attached hydrogen (secondary N) is 3. The molecule has 1 saturated carbocycles. The highest BCUT2D eigenvalue weighted by molar-refractivity contribution is 5.91. The monoisotopic (exact) mass is 333 g/mol. The van der Waals surface area contributed by atoms with Gasteiger partial charge in [-0.2, -0.15) is 5.26 Å². The lowest BCUT2D eigenvalue weighted by atomic mass is 10.00. The average molecular weight is 333 g/mol. The molecule has 128 valence electrons. The molecule has 24 heavy (non-hydrogen) atoms. The van der Waals surface area contributed by atoms with Crippen LogP contribution in [0.2, 0.25) is 0 Å². The maximum Gasteiger partial charge on any atom is 0.279 e. The summed E-state index contributed by atoms with van der Waals surface area (Å²) in [5.41, 5.74) is -0.235. The molecule has 1 fully saturated rings. The lowest BCUT2D eigenvalue weighted by Gasteiger charge is -2.22. The first-order valence-electron chi connectivity index (χ1n) is 8.01. The van der Waals surface area contributed by atoms with Crippen LogP contribution in [0, 0.1) is 17.1 Å². The summed E-state index contributed by atoms with van der Waals surface area (Å²) >= 11 is 0. The standard InChI is InChI=1S/C17H21FN4O2/c1-22(10-15(23)20-14-6-4-13(18)5-7-14)11-16(24)21-17(12-19)8-2-3-9-17/h4-7H,2-3,8-11H2,1H3,(H,20,23)(H,21,24)/p+1. The van der Waals surface area contributed by atoms with Crippen molar-refractivity contribution < 1.29 is 18.9 Å². The van der Waals surface area contributed by atoms with Crippen LogP contribution in [0.1, 0.15) is 25.7 Å². The van der Waals surface area contributed by atoms with Gasteiger partial charge in [0.1, 0.15) is 11.4 Å². The summed E-state index contributed by atoms with van der Waals surface area (Å²) in [6.45, 7) is 0.213. The van der Waals surface area contributed by atoms with Gasteiger partial charge in [-0.15, -0.1) is 0 Å².